The molecule has 1 aromatic carbocycles. The molecule has 1 aromatic heterocycles. The lowest BCUT2D eigenvalue weighted by molar-refractivity contribution is -0.113. The van der Waals surface area contributed by atoms with Crippen molar-refractivity contribution in [3.05, 3.63) is 48.3 Å². The number of anilines is 1. The molecule has 0 atom stereocenters. The SMILES string of the molecule is C=CCn1c(SCC(=O)Nc2ccc(C(=O)N(C)C)cc2)nnc1C1CCCCC1. The predicted molar refractivity (Wildman–Crippen MR) is 120 cm³/mol. The van der Waals surface area contributed by atoms with E-state index in [2.05, 4.69) is 26.7 Å². The van der Waals surface area contributed by atoms with Gasteiger partial charge in [0.1, 0.15) is 5.82 Å². The topological polar surface area (TPSA) is 80.1 Å². The van der Waals surface area contributed by atoms with Crippen LogP contribution in [0.15, 0.2) is 42.1 Å². The van der Waals surface area contributed by atoms with E-state index in [-0.39, 0.29) is 17.6 Å². The van der Waals surface area contributed by atoms with Crippen molar-refractivity contribution in [1.29, 1.82) is 0 Å². The van der Waals surface area contributed by atoms with Crippen LogP contribution in [0.2, 0.25) is 0 Å². The van der Waals surface area contributed by atoms with Crippen LogP contribution in [0.1, 0.15) is 54.2 Å². The van der Waals surface area contributed by atoms with E-state index in [0.29, 0.717) is 23.7 Å². The summed E-state index contributed by atoms with van der Waals surface area (Å²) >= 11 is 1.38. The number of benzene rings is 1. The number of nitrogens with zero attached hydrogens (tertiary/aromatic N) is 4. The van der Waals surface area contributed by atoms with Gasteiger partial charge in [0.2, 0.25) is 5.91 Å². The van der Waals surface area contributed by atoms with Crippen molar-refractivity contribution in [3.8, 4) is 0 Å². The van der Waals surface area contributed by atoms with Crippen molar-refractivity contribution >= 4 is 29.3 Å². The van der Waals surface area contributed by atoms with Gasteiger partial charge in [-0.1, -0.05) is 37.1 Å². The average molecular weight is 428 g/mol. The van der Waals surface area contributed by atoms with Crippen LogP contribution in [0.4, 0.5) is 5.69 Å². The van der Waals surface area contributed by atoms with Crippen molar-refractivity contribution < 1.29 is 9.59 Å². The number of carbonyl (C=O) groups excluding carboxylic acids is 2. The number of rotatable bonds is 8. The molecule has 30 heavy (non-hydrogen) atoms. The number of hydrogen-bond donors (Lipinski definition) is 1. The fourth-order valence-electron chi connectivity index (χ4n) is 3.65. The molecule has 0 saturated heterocycles. The zero-order valence-corrected chi connectivity index (χ0v) is 18.5. The van der Waals surface area contributed by atoms with Gasteiger partial charge in [0.05, 0.1) is 5.75 Å². The highest BCUT2D eigenvalue weighted by atomic mass is 32.2. The monoisotopic (exact) mass is 427 g/mol. The molecule has 2 amide bonds. The lowest BCUT2D eigenvalue weighted by Crippen LogP contribution is -2.21. The maximum atomic E-state index is 12.4. The van der Waals surface area contributed by atoms with Gasteiger partial charge in [-0.15, -0.1) is 16.8 Å². The van der Waals surface area contributed by atoms with Gasteiger partial charge >= 0.3 is 0 Å². The zero-order chi connectivity index (χ0) is 21.5. The molecule has 1 fully saturated rings. The highest BCUT2D eigenvalue weighted by Crippen LogP contribution is 2.33. The van der Waals surface area contributed by atoms with Crippen LogP contribution in [-0.4, -0.2) is 51.3 Å². The largest absolute Gasteiger partial charge is 0.345 e. The van der Waals surface area contributed by atoms with E-state index >= 15 is 0 Å². The van der Waals surface area contributed by atoms with E-state index in [1.807, 2.05) is 6.08 Å². The first-order valence-electron chi connectivity index (χ1n) is 10.3. The molecule has 1 aliphatic carbocycles. The van der Waals surface area contributed by atoms with Gasteiger partial charge in [-0.05, 0) is 37.1 Å². The predicted octanol–water partition coefficient (Wildman–Crippen LogP) is 3.94. The molecule has 1 aliphatic rings. The molecule has 0 aliphatic heterocycles. The van der Waals surface area contributed by atoms with E-state index in [1.54, 1.807) is 38.4 Å². The minimum atomic E-state index is -0.126. The van der Waals surface area contributed by atoms with Gasteiger partial charge in [-0.2, -0.15) is 0 Å². The number of allylic oxidation sites excluding steroid dienone is 1. The van der Waals surface area contributed by atoms with Crippen LogP contribution < -0.4 is 5.32 Å². The van der Waals surface area contributed by atoms with Gasteiger partial charge in [0.15, 0.2) is 5.16 Å². The normalized spacial score (nSPS) is 14.3. The first-order valence-corrected chi connectivity index (χ1v) is 11.3. The average Bonchev–Trinajstić information content (AvgIpc) is 3.16. The molecule has 1 N–H and O–H groups in total. The van der Waals surface area contributed by atoms with Crippen LogP contribution in [0, 0.1) is 0 Å². The third-order valence-electron chi connectivity index (χ3n) is 5.18. The number of carbonyl (C=O) groups is 2. The Bertz CT molecular complexity index is 885. The molecule has 3 rings (SSSR count). The summed E-state index contributed by atoms with van der Waals surface area (Å²) in [5.74, 6) is 1.49. The molecule has 160 valence electrons. The number of nitrogens with one attached hydrogen (secondary N) is 1. The highest BCUT2D eigenvalue weighted by Gasteiger charge is 2.23. The molecule has 1 saturated carbocycles. The van der Waals surface area contributed by atoms with Crippen molar-refractivity contribution in [2.45, 2.75) is 49.7 Å². The Balaban J connectivity index is 1.59. The van der Waals surface area contributed by atoms with Crippen molar-refractivity contribution in [2.75, 3.05) is 25.2 Å². The number of aromatic nitrogens is 3. The van der Waals surface area contributed by atoms with Crippen molar-refractivity contribution in [3.63, 3.8) is 0 Å². The third-order valence-corrected chi connectivity index (χ3v) is 6.15. The van der Waals surface area contributed by atoms with Crippen LogP contribution in [-0.2, 0) is 11.3 Å². The molecule has 0 spiro atoms. The van der Waals surface area contributed by atoms with E-state index in [1.165, 1.54) is 35.9 Å². The van der Waals surface area contributed by atoms with Gasteiger partial charge in [0.25, 0.3) is 5.91 Å². The molecule has 1 heterocycles. The Labute approximate surface area is 181 Å². The molecule has 7 nitrogen and oxygen atoms in total. The molecular weight excluding hydrogens is 398 g/mol. The smallest absolute Gasteiger partial charge is 0.253 e. The Morgan fingerprint density at radius 3 is 2.53 bits per heavy atom. The lowest BCUT2D eigenvalue weighted by Gasteiger charge is -2.21. The van der Waals surface area contributed by atoms with E-state index in [0.717, 1.165) is 23.8 Å². The quantitative estimate of drug-likeness (QED) is 0.510. The molecule has 0 unspecified atom stereocenters. The van der Waals surface area contributed by atoms with Crippen LogP contribution in [0.3, 0.4) is 0 Å². The maximum absolute atomic E-state index is 12.4. The Morgan fingerprint density at radius 2 is 1.90 bits per heavy atom. The van der Waals surface area contributed by atoms with Crippen molar-refractivity contribution in [2.24, 2.45) is 0 Å². The fourth-order valence-corrected chi connectivity index (χ4v) is 4.41. The number of thioether (sulfide) groups is 1. The van der Waals surface area contributed by atoms with Gasteiger partial charge in [-0.25, -0.2) is 0 Å². The van der Waals surface area contributed by atoms with Crippen molar-refractivity contribution in [1.82, 2.24) is 19.7 Å². The number of amides is 2. The first kappa shape index (κ1) is 22.1. The summed E-state index contributed by atoms with van der Waals surface area (Å²) in [6.07, 6.45) is 7.89. The zero-order valence-electron chi connectivity index (χ0n) is 17.6. The molecule has 8 heteroatoms. The molecule has 0 bridgehead atoms. The van der Waals surface area contributed by atoms with Gasteiger partial charge in [-0.3, -0.25) is 9.59 Å². The third kappa shape index (κ3) is 5.50. The van der Waals surface area contributed by atoms with E-state index in [9.17, 15) is 9.59 Å². The summed E-state index contributed by atoms with van der Waals surface area (Å²) < 4.78 is 2.09. The summed E-state index contributed by atoms with van der Waals surface area (Å²) in [6.45, 7) is 4.50. The Morgan fingerprint density at radius 1 is 1.20 bits per heavy atom. The minimum absolute atomic E-state index is 0.0706. The second kappa shape index (κ2) is 10.4. The van der Waals surface area contributed by atoms with Crippen LogP contribution in [0.5, 0.6) is 0 Å². The molecule has 0 radical (unpaired) electrons. The van der Waals surface area contributed by atoms with Crippen LogP contribution >= 0.6 is 11.8 Å². The summed E-state index contributed by atoms with van der Waals surface area (Å²) in [7, 11) is 3.42. The lowest BCUT2D eigenvalue weighted by atomic mass is 9.89. The van der Waals surface area contributed by atoms with Gasteiger partial charge in [0, 0.05) is 37.8 Å². The summed E-state index contributed by atoms with van der Waals surface area (Å²) in [5, 5.41) is 12.4. The second-order valence-electron chi connectivity index (χ2n) is 7.69. The molecule has 2 aromatic rings. The Hall–Kier alpha value is -2.61. The second-order valence-corrected chi connectivity index (χ2v) is 8.63. The minimum Gasteiger partial charge on any atom is -0.345 e. The van der Waals surface area contributed by atoms with E-state index < -0.39 is 0 Å². The summed E-state index contributed by atoms with van der Waals surface area (Å²) in [5.41, 5.74) is 1.24. The fraction of sp³-hybridized carbons (Fsp3) is 0.455. The van der Waals surface area contributed by atoms with Gasteiger partial charge < -0.3 is 14.8 Å². The first-order chi connectivity index (χ1) is 14.5. The molecular formula is C22H29N5O2S. The maximum Gasteiger partial charge on any atom is 0.253 e. The van der Waals surface area contributed by atoms with E-state index in [4.69, 9.17) is 0 Å². The highest BCUT2D eigenvalue weighted by molar-refractivity contribution is 7.99. The number of hydrogen-bond acceptors (Lipinski definition) is 5. The standard InChI is InChI=1S/C22H29N5O2S/c1-4-14-27-20(16-8-6-5-7-9-16)24-25-22(27)30-15-19(28)23-18-12-10-17(11-13-18)21(29)26(2)3/h4,10-13,16H,1,5-9,14-15H2,2-3H3,(H,23,28). The van der Waals surface area contributed by atoms with Crippen LogP contribution in [0.25, 0.3) is 0 Å². The Kier molecular flexibility index (Phi) is 7.68. The summed E-state index contributed by atoms with van der Waals surface area (Å²) in [6, 6.07) is 6.89. The summed E-state index contributed by atoms with van der Waals surface area (Å²) in [4.78, 5) is 25.9.